The predicted molar refractivity (Wildman–Crippen MR) is 92.1 cm³/mol. The number of fused-ring (bicyclic) bond motifs is 1. The zero-order valence-electron chi connectivity index (χ0n) is 14.1. The molecule has 0 bridgehead atoms. The van der Waals surface area contributed by atoms with Gasteiger partial charge in [0.25, 0.3) is 5.91 Å². The summed E-state index contributed by atoms with van der Waals surface area (Å²) in [6, 6.07) is 1.94. The predicted octanol–water partition coefficient (Wildman–Crippen LogP) is 1.78. The van der Waals surface area contributed by atoms with Crippen molar-refractivity contribution in [3.63, 3.8) is 0 Å². The zero-order chi connectivity index (χ0) is 16.6. The van der Waals surface area contributed by atoms with Crippen LogP contribution in [0, 0.1) is 6.92 Å². The molecule has 1 aliphatic rings. The molecule has 0 saturated carbocycles. The highest BCUT2D eigenvalue weighted by atomic mass is 32.1. The Balaban J connectivity index is 1.55. The molecule has 2 atom stereocenters. The average molecular weight is 336 g/mol. The first-order valence-corrected chi connectivity index (χ1v) is 8.85. The normalized spacial score (nSPS) is 22.6. The molecule has 1 saturated heterocycles. The fourth-order valence-electron chi connectivity index (χ4n) is 3.20. The Morgan fingerprint density at radius 1 is 1.43 bits per heavy atom. The topological polar surface area (TPSA) is 59.4 Å². The average Bonchev–Trinajstić information content (AvgIpc) is 3.00. The van der Waals surface area contributed by atoms with Gasteiger partial charge < -0.3 is 10.1 Å². The Morgan fingerprint density at radius 3 is 2.78 bits per heavy atom. The van der Waals surface area contributed by atoms with Crippen molar-refractivity contribution in [3.05, 3.63) is 16.6 Å². The van der Waals surface area contributed by atoms with Gasteiger partial charge in [-0.05, 0) is 26.8 Å². The van der Waals surface area contributed by atoms with Gasteiger partial charge in [0.2, 0.25) is 0 Å². The lowest BCUT2D eigenvalue weighted by Gasteiger charge is -2.35. The van der Waals surface area contributed by atoms with E-state index < -0.39 is 0 Å². The molecule has 7 heteroatoms. The van der Waals surface area contributed by atoms with E-state index >= 15 is 0 Å². The molecule has 1 amide bonds. The van der Waals surface area contributed by atoms with Crippen LogP contribution in [-0.4, -0.2) is 59.0 Å². The van der Waals surface area contributed by atoms with Gasteiger partial charge in [0.05, 0.1) is 22.8 Å². The second-order valence-electron chi connectivity index (χ2n) is 6.31. The van der Waals surface area contributed by atoms with E-state index in [1.807, 2.05) is 24.7 Å². The summed E-state index contributed by atoms with van der Waals surface area (Å²) in [5, 5.41) is 8.46. The molecular weight excluding hydrogens is 312 g/mol. The highest BCUT2D eigenvalue weighted by molar-refractivity contribution is 7.20. The van der Waals surface area contributed by atoms with Crippen molar-refractivity contribution in [3.8, 4) is 0 Å². The third kappa shape index (κ3) is 3.57. The van der Waals surface area contributed by atoms with Crippen molar-refractivity contribution in [2.45, 2.75) is 33.0 Å². The molecule has 6 nitrogen and oxygen atoms in total. The lowest BCUT2D eigenvalue weighted by Crippen LogP contribution is -2.47. The van der Waals surface area contributed by atoms with Crippen molar-refractivity contribution in [2.75, 3.05) is 26.2 Å². The van der Waals surface area contributed by atoms with Crippen molar-refractivity contribution in [2.24, 2.45) is 7.05 Å². The molecule has 3 heterocycles. The standard InChI is InChI=1S/C16H24N4O2S/c1-10-8-20(9-11(2)22-10)6-5-17-15(21)14-7-13-12(3)18-19(4)16(13)23-14/h7,10-11H,5-6,8-9H2,1-4H3,(H,17,21)/t10-,11-/m1/s1. The third-order valence-corrected chi connectivity index (χ3v) is 5.33. The molecule has 0 aromatic carbocycles. The molecular formula is C16H24N4O2S. The molecule has 1 aliphatic heterocycles. The van der Waals surface area contributed by atoms with Crippen LogP contribution in [0.4, 0.5) is 0 Å². The van der Waals surface area contributed by atoms with Gasteiger partial charge in [-0.1, -0.05) is 0 Å². The molecule has 0 spiro atoms. The quantitative estimate of drug-likeness (QED) is 0.925. The SMILES string of the molecule is Cc1nn(C)c2sc(C(=O)NCCN3C[C@@H](C)O[C@H](C)C3)cc12. The summed E-state index contributed by atoms with van der Waals surface area (Å²) in [6.45, 7) is 9.52. The zero-order valence-corrected chi connectivity index (χ0v) is 14.9. The molecule has 0 aliphatic carbocycles. The molecule has 2 aromatic rings. The summed E-state index contributed by atoms with van der Waals surface area (Å²) < 4.78 is 7.56. The number of morpholine rings is 1. The maximum absolute atomic E-state index is 12.3. The van der Waals surface area contributed by atoms with E-state index in [1.54, 1.807) is 0 Å². The van der Waals surface area contributed by atoms with Crippen LogP contribution in [0.15, 0.2) is 6.07 Å². The minimum Gasteiger partial charge on any atom is -0.373 e. The van der Waals surface area contributed by atoms with Crippen LogP contribution in [-0.2, 0) is 11.8 Å². The fourth-order valence-corrected chi connectivity index (χ4v) is 4.24. The van der Waals surface area contributed by atoms with E-state index in [0.717, 1.165) is 40.4 Å². The van der Waals surface area contributed by atoms with Crippen LogP contribution in [0.2, 0.25) is 0 Å². The van der Waals surface area contributed by atoms with Crippen LogP contribution in [0.1, 0.15) is 29.2 Å². The van der Waals surface area contributed by atoms with Gasteiger partial charge in [-0.2, -0.15) is 5.10 Å². The van der Waals surface area contributed by atoms with E-state index in [1.165, 1.54) is 11.3 Å². The molecule has 1 fully saturated rings. The number of nitrogens with zero attached hydrogens (tertiary/aromatic N) is 3. The molecule has 0 unspecified atom stereocenters. The number of amides is 1. The van der Waals surface area contributed by atoms with Crippen LogP contribution in [0.25, 0.3) is 10.2 Å². The van der Waals surface area contributed by atoms with Crippen LogP contribution < -0.4 is 5.32 Å². The first kappa shape index (κ1) is 16.4. The summed E-state index contributed by atoms with van der Waals surface area (Å²) in [5.74, 6) is -0.0000404. The molecule has 23 heavy (non-hydrogen) atoms. The summed E-state index contributed by atoms with van der Waals surface area (Å²) in [7, 11) is 1.91. The number of rotatable bonds is 4. The van der Waals surface area contributed by atoms with E-state index in [4.69, 9.17) is 4.74 Å². The molecule has 2 aromatic heterocycles. The Hall–Kier alpha value is -1.44. The molecule has 3 rings (SSSR count). The number of carbonyl (C=O) groups excluding carboxylic acids is 1. The Morgan fingerprint density at radius 2 is 2.13 bits per heavy atom. The molecule has 126 valence electrons. The van der Waals surface area contributed by atoms with Crippen molar-refractivity contribution < 1.29 is 9.53 Å². The van der Waals surface area contributed by atoms with Gasteiger partial charge in [-0.25, -0.2) is 0 Å². The van der Waals surface area contributed by atoms with Gasteiger partial charge in [-0.3, -0.25) is 14.4 Å². The number of hydrogen-bond donors (Lipinski definition) is 1. The second-order valence-corrected chi connectivity index (χ2v) is 7.34. The van der Waals surface area contributed by atoms with Crippen molar-refractivity contribution in [1.29, 1.82) is 0 Å². The minimum absolute atomic E-state index is 0.0000404. The first-order chi connectivity index (χ1) is 10.9. The maximum Gasteiger partial charge on any atom is 0.261 e. The number of nitrogens with one attached hydrogen (secondary N) is 1. The highest BCUT2D eigenvalue weighted by Crippen LogP contribution is 2.27. The maximum atomic E-state index is 12.3. The Kier molecular flexibility index (Phi) is 4.70. The van der Waals surface area contributed by atoms with Gasteiger partial charge in [0.1, 0.15) is 4.83 Å². The lowest BCUT2D eigenvalue weighted by molar-refractivity contribution is -0.0672. The largest absolute Gasteiger partial charge is 0.373 e. The first-order valence-electron chi connectivity index (χ1n) is 8.03. The second kappa shape index (κ2) is 6.59. The Bertz CT molecular complexity index is 664. The summed E-state index contributed by atoms with van der Waals surface area (Å²) >= 11 is 1.49. The van der Waals surface area contributed by atoms with E-state index in [2.05, 4.69) is 29.2 Å². The number of carbonyl (C=O) groups is 1. The Labute approximate surface area is 140 Å². The van der Waals surface area contributed by atoms with Gasteiger partial charge in [0.15, 0.2) is 0 Å². The van der Waals surface area contributed by atoms with Gasteiger partial charge >= 0.3 is 0 Å². The monoisotopic (exact) mass is 336 g/mol. The van der Waals surface area contributed by atoms with E-state index in [9.17, 15) is 4.79 Å². The highest BCUT2D eigenvalue weighted by Gasteiger charge is 2.22. The summed E-state index contributed by atoms with van der Waals surface area (Å²) in [4.78, 5) is 16.5. The fraction of sp³-hybridized carbons (Fsp3) is 0.625. The van der Waals surface area contributed by atoms with E-state index in [0.29, 0.717) is 6.54 Å². The van der Waals surface area contributed by atoms with Gasteiger partial charge in [-0.15, -0.1) is 11.3 Å². The third-order valence-electron chi connectivity index (χ3n) is 4.13. The van der Waals surface area contributed by atoms with E-state index in [-0.39, 0.29) is 18.1 Å². The summed E-state index contributed by atoms with van der Waals surface area (Å²) in [5.41, 5.74) is 0.967. The van der Waals surface area contributed by atoms with Crippen LogP contribution in [0.5, 0.6) is 0 Å². The number of aromatic nitrogens is 2. The number of aryl methyl sites for hydroxylation is 2. The van der Waals surface area contributed by atoms with Crippen molar-refractivity contribution >= 4 is 27.5 Å². The number of ether oxygens (including phenoxy) is 1. The lowest BCUT2D eigenvalue weighted by atomic mass is 10.2. The van der Waals surface area contributed by atoms with Crippen LogP contribution in [0.3, 0.4) is 0 Å². The van der Waals surface area contributed by atoms with Crippen molar-refractivity contribution in [1.82, 2.24) is 20.0 Å². The molecule has 0 radical (unpaired) electrons. The number of hydrogen-bond acceptors (Lipinski definition) is 5. The summed E-state index contributed by atoms with van der Waals surface area (Å²) in [6.07, 6.45) is 0.514. The van der Waals surface area contributed by atoms with Gasteiger partial charge in [0, 0.05) is 38.6 Å². The van der Waals surface area contributed by atoms with Crippen LogP contribution >= 0.6 is 11.3 Å². The smallest absolute Gasteiger partial charge is 0.261 e. The molecule has 1 N–H and O–H groups in total. The number of thiophene rings is 1. The minimum atomic E-state index is -0.0000404.